The molecule has 1 rings (SSSR count). The van der Waals surface area contributed by atoms with Crippen molar-refractivity contribution in [1.82, 2.24) is 0 Å². The topological polar surface area (TPSA) is 81.8 Å². The summed E-state index contributed by atoms with van der Waals surface area (Å²) in [6, 6.07) is 6.61. The van der Waals surface area contributed by atoms with Gasteiger partial charge in [0.15, 0.2) is 6.10 Å². The summed E-state index contributed by atoms with van der Waals surface area (Å²) in [5.41, 5.74) is 6.69. The highest BCUT2D eigenvalue weighted by molar-refractivity contribution is 5.75. The molecule has 0 saturated carbocycles. The minimum Gasteiger partial charge on any atom is -0.497 e. The van der Waals surface area contributed by atoms with Gasteiger partial charge in [0.1, 0.15) is 5.75 Å². The molecule has 0 amide bonds. The fourth-order valence-electron chi connectivity index (χ4n) is 1.55. The van der Waals surface area contributed by atoms with E-state index in [-0.39, 0.29) is 6.61 Å². The zero-order valence-electron chi connectivity index (χ0n) is 10.6. The number of carbonyl (C=O) groups is 1. The Labute approximate surface area is 107 Å². The Morgan fingerprint density at radius 1 is 1.39 bits per heavy atom. The van der Waals surface area contributed by atoms with Gasteiger partial charge in [0.2, 0.25) is 0 Å². The average molecular weight is 253 g/mol. The van der Waals surface area contributed by atoms with Crippen molar-refractivity contribution < 1.29 is 19.4 Å². The summed E-state index contributed by atoms with van der Waals surface area (Å²) in [6.45, 7) is 1.91. The van der Waals surface area contributed by atoms with Crippen LogP contribution in [-0.2, 0) is 16.0 Å². The molecular formula is C13H19NO4. The van der Waals surface area contributed by atoms with Gasteiger partial charge in [-0.25, -0.2) is 4.79 Å². The molecule has 3 N–H and O–H groups in total. The number of nitrogens with two attached hydrogens (primary N) is 1. The van der Waals surface area contributed by atoms with Crippen molar-refractivity contribution in [1.29, 1.82) is 0 Å². The molecule has 0 aromatic heterocycles. The van der Waals surface area contributed by atoms with Crippen LogP contribution in [0.2, 0.25) is 0 Å². The maximum atomic E-state index is 11.3. The van der Waals surface area contributed by atoms with Gasteiger partial charge in [0, 0.05) is 6.04 Å². The van der Waals surface area contributed by atoms with Crippen LogP contribution in [0.25, 0.3) is 0 Å². The molecular weight excluding hydrogens is 234 g/mol. The first-order chi connectivity index (χ1) is 8.58. The Balaban J connectivity index is 2.57. The number of methoxy groups -OCH3 is 1. The molecule has 0 heterocycles. The van der Waals surface area contributed by atoms with Crippen LogP contribution in [0, 0.1) is 0 Å². The average Bonchev–Trinajstić information content (AvgIpc) is 2.39. The van der Waals surface area contributed by atoms with Crippen LogP contribution < -0.4 is 10.5 Å². The SMILES string of the molecule is CCOC(=O)[C@H](O)[C@@H](N)Cc1ccc(OC)cc1. The first-order valence-corrected chi connectivity index (χ1v) is 5.81. The Bertz CT molecular complexity index is 377. The van der Waals surface area contributed by atoms with Crippen molar-refractivity contribution in [3.8, 4) is 5.75 Å². The summed E-state index contributed by atoms with van der Waals surface area (Å²) >= 11 is 0. The smallest absolute Gasteiger partial charge is 0.336 e. The lowest BCUT2D eigenvalue weighted by Crippen LogP contribution is -2.42. The minimum atomic E-state index is -1.30. The Hall–Kier alpha value is -1.59. The third-order valence-electron chi connectivity index (χ3n) is 2.56. The van der Waals surface area contributed by atoms with Crippen LogP contribution in [0.15, 0.2) is 24.3 Å². The third-order valence-corrected chi connectivity index (χ3v) is 2.56. The monoisotopic (exact) mass is 253 g/mol. The third kappa shape index (κ3) is 4.01. The van der Waals surface area contributed by atoms with E-state index in [1.165, 1.54) is 0 Å². The summed E-state index contributed by atoms with van der Waals surface area (Å²) in [7, 11) is 1.59. The van der Waals surface area contributed by atoms with Crippen LogP contribution in [0.5, 0.6) is 5.75 Å². The van der Waals surface area contributed by atoms with Gasteiger partial charge in [0.25, 0.3) is 0 Å². The highest BCUT2D eigenvalue weighted by atomic mass is 16.5. The molecule has 0 fully saturated rings. The molecule has 5 nitrogen and oxygen atoms in total. The molecule has 0 saturated heterocycles. The zero-order chi connectivity index (χ0) is 13.5. The van der Waals surface area contributed by atoms with Crippen molar-refractivity contribution in [3.05, 3.63) is 29.8 Å². The summed E-state index contributed by atoms with van der Waals surface area (Å²) in [4.78, 5) is 11.3. The predicted octanol–water partition coefficient (Wildman–Crippen LogP) is 0.489. The van der Waals surface area contributed by atoms with Crippen molar-refractivity contribution >= 4 is 5.97 Å². The van der Waals surface area contributed by atoms with Gasteiger partial charge < -0.3 is 20.3 Å². The second-order valence-electron chi connectivity index (χ2n) is 3.91. The van der Waals surface area contributed by atoms with E-state index in [4.69, 9.17) is 15.2 Å². The maximum absolute atomic E-state index is 11.3. The molecule has 0 radical (unpaired) electrons. The van der Waals surface area contributed by atoms with Crippen LogP contribution in [0.1, 0.15) is 12.5 Å². The number of esters is 1. The molecule has 2 atom stereocenters. The highest BCUT2D eigenvalue weighted by Crippen LogP contribution is 2.13. The van der Waals surface area contributed by atoms with Crippen molar-refractivity contribution in [2.24, 2.45) is 5.73 Å². The number of hydrogen-bond acceptors (Lipinski definition) is 5. The summed E-state index contributed by atoms with van der Waals surface area (Å²) in [5, 5.41) is 9.66. The van der Waals surface area contributed by atoms with E-state index in [2.05, 4.69) is 0 Å². The van der Waals surface area contributed by atoms with Gasteiger partial charge in [-0.05, 0) is 31.0 Å². The number of aliphatic hydroxyl groups is 1. The Morgan fingerprint density at radius 2 is 2.00 bits per heavy atom. The van der Waals surface area contributed by atoms with Gasteiger partial charge >= 0.3 is 5.97 Å². The Morgan fingerprint density at radius 3 is 2.50 bits per heavy atom. The molecule has 5 heteroatoms. The van der Waals surface area contributed by atoms with Gasteiger partial charge in [-0.1, -0.05) is 12.1 Å². The largest absolute Gasteiger partial charge is 0.497 e. The molecule has 1 aromatic rings. The lowest BCUT2D eigenvalue weighted by molar-refractivity contribution is -0.154. The number of rotatable bonds is 6. The highest BCUT2D eigenvalue weighted by Gasteiger charge is 2.24. The van der Waals surface area contributed by atoms with Gasteiger partial charge in [0.05, 0.1) is 13.7 Å². The zero-order valence-corrected chi connectivity index (χ0v) is 10.6. The molecule has 100 valence electrons. The van der Waals surface area contributed by atoms with Gasteiger partial charge in [-0.2, -0.15) is 0 Å². The van der Waals surface area contributed by atoms with Crippen LogP contribution in [-0.4, -0.2) is 36.9 Å². The molecule has 0 bridgehead atoms. The molecule has 18 heavy (non-hydrogen) atoms. The number of ether oxygens (including phenoxy) is 2. The molecule has 0 aliphatic heterocycles. The van der Waals surface area contributed by atoms with E-state index in [0.717, 1.165) is 11.3 Å². The molecule has 0 spiro atoms. The first-order valence-electron chi connectivity index (χ1n) is 5.81. The van der Waals surface area contributed by atoms with Crippen molar-refractivity contribution in [3.63, 3.8) is 0 Å². The van der Waals surface area contributed by atoms with Gasteiger partial charge in [-0.3, -0.25) is 0 Å². The summed E-state index contributed by atoms with van der Waals surface area (Å²) in [5.74, 6) is 0.0665. The fourth-order valence-corrected chi connectivity index (χ4v) is 1.55. The number of carbonyl (C=O) groups excluding carboxylic acids is 1. The first kappa shape index (κ1) is 14.5. The fraction of sp³-hybridized carbons (Fsp3) is 0.462. The normalized spacial score (nSPS) is 13.8. The quantitative estimate of drug-likeness (QED) is 0.721. The maximum Gasteiger partial charge on any atom is 0.336 e. The molecule has 0 aliphatic carbocycles. The van der Waals surface area contributed by atoms with E-state index in [9.17, 15) is 9.90 Å². The van der Waals surface area contributed by atoms with Crippen molar-refractivity contribution in [2.45, 2.75) is 25.5 Å². The van der Waals surface area contributed by atoms with E-state index in [1.807, 2.05) is 12.1 Å². The van der Waals surface area contributed by atoms with Crippen LogP contribution >= 0.6 is 0 Å². The lowest BCUT2D eigenvalue weighted by atomic mass is 10.0. The second-order valence-corrected chi connectivity index (χ2v) is 3.91. The van der Waals surface area contributed by atoms with E-state index in [1.54, 1.807) is 26.2 Å². The summed E-state index contributed by atoms with van der Waals surface area (Å²) < 4.78 is 9.75. The summed E-state index contributed by atoms with van der Waals surface area (Å²) in [6.07, 6.45) is -0.906. The van der Waals surface area contributed by atoms with Crippen LogP contribution in [0.4, 0.5) is 0 Å². The van der Waals surface area contributed by atoms with E-state index in [0.29, 0.717) is 6.42 Å². The standard InChI is InChI=1S/C13H19NO4/c1-3-18-13(16)12(15)11(14)8-9-4-6-10(17-2)7-5-9/h4-7,11-12,15H,3,8,14H2,1-2H3/t11-,12+/m0/s1. The lowest BCUT2D eigenvalue weighted by Gasteiger charge is -2.17. The van der Waals surface area contributed by atoms with E-state index < -0.39 is 18.1 Å². The van der Waals surface area contributed by atoms with Gasteiger partial charge in [-0.15, -0.1) is 0 Å². The van der Waals surface area contributed by atoms with Crippen LogP contribution in [0.3, 0.4) is 0 Å². The number of hydrogen-bond donors (Lipinski definition) is 2. The molecule has 0 unspecified atom stereocenters. The molecule has 0 aliphatic rings. The number of benzene rings is 1. The van der Waals surface area contributed by atoms with E-state index >= 15 is 0 Å². The predicted molar refractivity (Wildman–Crippen MR) is 67.3 cm³/mol. The number of aliphatic hydroxyl groups excluding tert-OH is 1. The molecule has 1 aromatic carbocycles. The Kier molecular flexibility index (Phi) is 5.61. The minimum absolute atomic E-state index is 0.227. The second kappa shape index (κ2) is 6.98. The van der Waals surface area contributed by atoms with Crippen molar-refractivity contribution in [2.75, 3.05) is 13.7 Å².